The van der Waals surface area contributed by atoms with Crippen molar-refractivity contribution in [1.82, 2.24) is 5.32 Å². The van der Waals surface area contributed by atoms with E-state index in [2.05, 4.69) is 5.32 Å². The van der Waals surface area contributed by atoms with Crippen molar-refractivity contribution in [2.45, 2.75) is 32.2 Å². The van der Waals surface area contributed by atoms with Crippen molar-refractivity contribution in [3.05, 3.63) is 38.9 Å². The molecule has 0 heterocycles. The summed E-state index contributed by atoms with van der Waals surface area (Å²) in [6.45, 7) is 1.73. The molecule has 1 unspecified atom stereocenters. The first kappa shape index (κ1) is 16.9. The lowest BCUT2D eigenvalue weighted by atomic mass is 10.1. The fourth-order valence-corrected chi connectivity index (χ4v) is 2.05. The summed E-state index contributed by atoms with van der Waals surface area (Å²) in [6, 6.07) is 3.74. The van der Waals surface area contributed by atoms with Gasteiger partial charge in [0.15, 0.2) is 0 Å². The Morgan fingerprint density at radius 1 is 1.48 bits per heavy atom. The number of halogens is 1. The second-order valence-corrected chi connectivity index (χ2v) is 4.93. The zero-order valence-electron chi connectivity index (χ0n) is 11.3. The third-order valence-electron chi connectivity index (χ3n) is 2.82. The molecule has 1 rings (SSSR count). The van der Waals surface area contributed by atoms with Crippen LogP contribution in [0, 0.1) is 10.1 Å². The number of carboxylic acid groups (broad SMARTS) is 1. The number of hydrogen-bond donors (Lipinski definition) is 2. The molecule has 0 aliphatic carbocycles. The van der Waals surface area contributed by atoms with Crippen LogP contribution in [0.2, 0.25) is 5.02 Å². The lowest BCUT2D eigenvalue weighted by Gasteiger charge is -2.13. The van der Waals surface area contributed by atoms with E-state index in [1.54, 1.807) is 6.92 Å². The van der Waals surface area contributed by atoms with E-state index in [-0.39, 0.29) is 28.7 Å². The zero-order valence-corrected chi connectivity index (χ0v) is 12.1. The van der Waals surface area contributed by atoms with Crippen LogP contribution in [0.25, 0.3) is 0 Å². The highest BCUT2D eigenvalue weighted by molar-refractivity contribution is 6.35. The maximum Gasteiger partial charge on any atom is 0.303 e. The largest absolute Gasteiger partial charge is 0.481 e. The van der Waals surface area contributed by atoms with Crippen molar-refractivity contribution >= 4 is 29.2 Å². The Labute approximate surface area is 126 Å². The van der Waals surface area contributed by atoms with Gasteiger partial charge in [-0.2, -0.15) is 0 Å². The van der Waals surface area contributed by atoms with Crippen LogP contribution in [-0.4, -0.2) is 27.9 Å². The molecular formula is C13H15ClN2O5. The van der Waals surface area contributed by atoms with Crippen molar-refractivity contribution in [2.24, 2.45) is 0 Å². The summed E-state index contributed by atoms with van der Waals surface area (Å²) in [5, 5.41) is 21.7. The minimum atomic E-state index is -0.893. The van der Waals surface area contributed by atoms with Gasteiger partial charge in [0.05, 0.1) is 10.5 Å². The molecule has 0 saturated carbocycles. The number of nitrogens with zero attached hydrogens (tertiary/aromatic N) is 1. The van der Waals surface area contributed by atoms with Crippen LogP contribution in [0.15, 0.2) is 18.2 Å². The van der Waals surface area contributed by atoms with Crippen molar-refractivity contribution in [2.75, 3.05) is 0 Å². The average molecular weight is 315 g/mol. The van der Waals surface area contributed by atoms with Crippen molar-refractivity contribution in [3.63, 3.8) is 0 Å². The Hall–Kier alpha value is -2.15. The molecule has 1 amide bonds. The van der Waals surface area contributed by atoms with Gasteiger partial charge in [-0.3, -0.25) is 19.7 Å². The van der Waals surface area contributed by atoms with E-state index < -0.39 is 16.8 Å². The highest BCUT2D eigenvalue weighted by Gasteiger charge is 2.20. The van der Waals surface area contributed by atoms with Gasteiger partial charge in [0.25, 0.3) is 11.6 Å². The first-order valence-corrected chi connectivity index (χ1v) is 6.66. The molecule has 0 aliphatic heterocycles. The van der Waals surface area contributed by atoms with Gasteiger partial charge < -0.3 is 10.4 Å². The molecule has 0 aliphatic rings. The molecular weight excluding hydrogens is 300 g/mol. The Balaban J connectivity index is 2.69. The van der Waals surface area contributed by atoms with Gasteiger partial charge in [-0.15, -0.1) is 0 Å². The van der Waals surface area contributed by atoms with E-state index >= 15 is 0 Å². The third-order valence-corrected chi connectivity index (χ3v) is 3.22. The minimum absolute atomic E-state index is 0.0240. The summed E-state index contributed by atoms with van der Waals surface area (Å²) >= 11 is 5.85. The number of hydrogen-bond acceptors (Lipinski definition) is 4. The number of carbonyl (C=O) groups excluding carboxylic acids is 1. The van der Waals surface area contributed by atoms with Gasteiger partial charge in [0.1, 0.15) is 5.02 Å². The second kappa shape index (κ2) is 7.58. The van der Waals surface area contributed by atoms with Crippen LogP contribution >= 0.6 is 11.6 Å². The number of rotatable bonds is 7. The monoisotopic (exact) mass is 314 g/mol. The van der Waals surface area contributed by atoms with Gasteiger partial charge in [-0.25, -0.2) is 0 Å². The smallest absolute Gasteiger partial charge is 0.303 e. The van der Waals surface area contributed by atoms with Gasteiger partial charge in [0, 0.05) is 18.5 Å². The maximum absolute atomic E-state index is 12.0. The molecule has 0 fully saturated rings. The minimum Gasteiger partial charge on any atom is -0.481 e. The molecule has 0 radical (unpaired) electrons. The standard InChI is InChI=1S/C13H15ClN2O5/c1-8(4-2-7-11(17)18)15-13(19)9-5-3-6-10(12(9)14)16(20)21/h3,5-6,8H,2,4,7H2,1H3,(H,15,19)(H,17,18). The van der Waals surface area contributed by atoms with Crippen LogP contribution in [0.5, 0.6) is 0 Å². The van der Waals surface area contributed by atoms with E-state index in [0.29, 0.717) is 12.8 Å². The van der Waals surface area contributed by atoms with Crippen molar-refractivity contribution < 1.29 is 19.6 Å². The molecule has 0 bridgehead atoms. The van der Waals surface area contributed by atoms with Crippen molar-refractivity contribution in [3.8, 4) is 0 Å². The number of benzene rings is 1. The van der Waals surface area contributed by atoms with Crippen LogP contribution in [-0.2, 0) is 4.79 Å². The van der Waals surface area contributed by atoms with E-state index in [4.69, 9.17) is 16.7 Å². The van der Waals surface area contributed by atoms with Crippen LogP contribution in [0.1, 0.15) is 36.5 Å². The lowest BCUT2D eigenvalue weighted by Crippen LogP contribution is -2.32. The normalized spacial score (nSPS) is 11.7. The third kappa shape index (κ3) is 5.03. The Morgan fingerprint density at radius 3 is 2.71 bits per heavy atom. The summed E-state index contributed by atoms with van der Waals surface area (Å²) in [6.07, 6.45) is 0.946. The predicted molar refractivity (Wildman–Crippen MR) is 76.5 cm³/mol. The van der Waals surface area contributed by atoms with Gasteiger partial charge in [-0.1, -0.05) is 17.7 Å². The fraction of sp³-hybridized carbons (Fsp3) is 0.385. The maximum atomic E-state index is 12.0. The average Bonchev–Trinajstić information content (AvgIpc) is 2.37. The van der Waals surface area contributed by atoms with Crippen LogP contribution < -0.4 is 5.32 Å². The molecule has 7 nitrogen and oxygen atoms in total. The number of carbonyl (C=O) groups is 2. The molecule has 0 aromatic heterocycles. The zero-order chi connectivity index (χ0) is 16.0. The molecule has 8 heteroatoms. The van der Waals surface area contributed by atoms with Gasteiger partial charge in [-0.05, 0) is 25.8 Å². The summed E-state index contributed by atoms with van der Waals surface area (Å²) in [4.78, 5) is 32.5. The molecule has 2 N–H and O–H groups in total. The second-order valence-electron chi connectivity index (χ2n) is 4.56. The molecule has 0 spiro atoms. The molecule has 21 heavy (non-hydrogen) atoms. The quantitative estimate of drug-likeness (QED) is 0.594. The highest BCUT2D eigenvalue weighted by Crippen LogP contribution is 2.27. The van der Waals surface area contributed by atoms with Gasteiger partial charge in [0.2, 0.25) is 0 Å². The highest BCUT2D eigenvalue weighted by atomic mass is 35.5. The number of aliphatic carboxylic acids is 1. The lowest BCUT2D eigenvalue weighted by molar-refractivity contribution is -0.384. The molecule has 1 aromatic carbocycles. The predicted octanol–water partition coefficient (Wildman–Crippen LogP) is 2.62. The Bertz CT molecular complexity index is 561. The fourth-order valence-electron chi connectivity index (χ4n) is 1.77. The van der Waals surface area contributed by atoms with E-state index in [0.717, 1.165) is 0 Å². The van der Waals surface area contributed by atoms with Crippen LogP contribution in [0.3, 0.4) is 0 Å². The molecule has 1 atom stereocenters. The molecule has 0 saturated heterocycles. The molecule has 1 aromatic rings. The Morgan fingerprint density at radius 2 is 2.14 bits per heavy atom. The van der Waals surface area contributed by atoms with E-state index in [9.17, 15) is 19.7 Å². The van der Waals surface area contributed by atoms with Crippen molar-refractivity contribution in [1.29, 1.82) is 0 Å². The SMILES string of the molecule is CC(CCCC(=O)O)NC(=O)c1cccc([N+](=O)[O-])c1Cl. The number of nitro benzene ring substituents is 1. The van der Waals surface area contributed by atoms with Crippen LogP contribution in [0.4, 0.5) is 5.69 Å². The number of nitro groups is 1. The van der Waals surface area contributed by atoms with Gasteiger partial charge >= 0.3 is 5.97 Å². The summed E-state index contributed by atoms with van der Waals surface area (Å²) in [5.41, 5.74) is -0.307. The summed E-state index contributed by atoms with van der Waals surface area (Å²) < 4.78 is 0. The summed E-state index contributed by atoms with van der Waals surface area (Å²) in [7, 11) is 0. The number of carboxylic acids is 1. The van der Waals surface area contributed by atoms with E-state index in [1.165, 1.54) is 18.2 Å². The first-order valence-electron chi connectivity index (χ1n) is 6.28. The van der Waals surface area contributed by atoms with E-state index in [1.807, 2.05) is 0 Å². The number of amides is 1. The topological polar surface area (TPSA) is 110 Å². The molecule has 114 valence electrons. The number of nitrogens with one attached hydrogen (secondary N) is 1. The summed E-state index contributed by atoms with van der Waals surface area (Å²) in [5.74, 6) is -1.42. The Kier molecular flexibility index (Phi) is 6.10. The first-order chi connectivity index (χ1) is 9.82.